The first-order valence-electron chi connectivity index (χ1n) is 6.63. The van der Waals surface area contributed by atoms with Gasteiger partial charge in [0.15, 0.2) is 0 Å². The van der Waals surface area contributed by atoms with Crippen LogP contribution < -0.4 is 10.2 Å². The Morgan fingerprint density at radius 3 is 2.75 bits per heavy atom. The molecule has 6 heteroatoms. The van der Waals surface area contributed by atoms with Crippen LogP contribution in [-0.4, -0.2) is 20.3 Å². The van der Waals surface area contributed by atoms with Crippen LogP contribution in [0, 0.1) is 5.41 Å². The van der Waals surface area contributed by atoms with Crippen LogP contribution in [0.2, 0.25) is 0 Å². The number of rotatable bonds is 3. The van der Waals surface area contributed by atoms with Crippen molar-refractivity contribution in [2.75, 3.05) is 0 Å². The van der Waals surface area contributed by atoms with Gasteiger partial charge in [0, 0.05) is 16.9 Å². The van der Waals surface area contributed by atoms with E-state index < -0.39 is 11.4 Å². The fraction of sp³-hybridized carbons (Fsp3) is 0.500. The smallest absolute Gasteiger partial charge is 0.149 e. The van der Waals surface area contributed by atoms with Crippen LogP contribution >= 0.6 is 0 Å². The van der Waals surface area contributed by atoms with Crippen molar-refractivity contribution in [2.45, 2.75) is 44.4 Å². The van der Waals surface area contributed by atoms with E-state index in [4.69, 9.17) is 10.6 Å². The maximum absolute atomic E-state index is 12.2. The third-order valence-electron chi connectivity index (χ3n) is 3.43. The molecule has 1 aliphatic carbocycles. The maximum atomic E-state index is 12.2. The first kappa shape index (κ1) is 15.3. The summed E-state index contributed by atoms with van der Waals surface area (Å²) in [6, 6.07) is 5.74. The van der Waals surface area contributed by atoms with Crippen molar-refractivity contribution in [1.29, 1.82) is 5.41 Å². The molecule has 1 aliphatic rings. The minimum absolute atomic E-state index is 0.0116. The fourth-order valence-electron chi connectivity index (χ4n) is 2.27. The maximum Gasteiger partial charge on any atom is 0.149 e. The molecule has 1 aromatic rings. The molecule has 1 aromatic carbocycles. The summed E-state index contributed by atoms with van der Waals surface area (Å²) in [4.78, 5) is 0. The number of nitrogens with one attached hydrogen (secondary N) is 3. The van der Waals surface area contributed by atoms with Crippen LogP contribution in [0.25, 0.3) is 0 Å². The summed E-state index contributed by atoms with van der Waals surface area (Å²) in [5.74, 6) is -0.0116. The number of hydrogen-bond acceptors (Lipinski definition) is 4. The van der Waals surface area contributed by atoms with E-state index in [2.05, 4.69) is 4.72 Å². The Bertz CT molecular complexity index is 514. The Morgan fingerprint density at radius 2 is 2.15 bits per heavy atom. The van der Waals surface area contributed by atoms with Crippen LogP contribution in [0.5, 0.6) is 0 Å². The zero-order valence-corrected chi connectivity index (χ0v) is 12.8. The van der Waals surface area contributed by atoms with Gasteiger partial charge in [0.1, 0.15) is 10.6 Å². The number of hydroxylamine groups is 1. The van der Waals surface area contributed by atoms with E-state index in [1.165, 1.54) is 0 Å². The molecule has 4 N–H and O–H groups in total. The molecule has 0 aromatic heterocycles. The van der Waals surface area contributed by atoms with Crippen LogP contribution in [0.3, 0.4) is 0 Å². The second-order valence-corrected chi connectivity index (χ2v) is 7.99. The highest BCUT2D eigenvalue weighted by atomic mass is 32.2. The van der Waals surface area contributed by atoms with Crippen molar-refractivity contribution < 1.29 is 9.76 Å². The van der Waals surface area contributed by atoms with Crippen molar-refractivity contribution in [3.63, 3.8) is 0 Å². The van der Waals surface area contributed by atoms with Crippen molar-refractivity contribution in [1.82, 2.24) is 10.2 Å². The van der Waals surface area contributed by atoms with Crippen molar-refractivity contribution >= 4 is 17.2 Å². The normalized spacial score (nSPS) is 19.6. The lowest BCUT2D eigenvalue weighted by atomic mass is 10.0. The lowest BCUT2D eigenvalue weighted by Crippen LogP contribution is -2.40. The van der Waals surface area contributed by atoms with E-state index in [0.717, 1.165) is 24.0 Å². The van der Waals surface area contributed by atoms with Gasteiger partial charge in [-0.15, -0.1) is 4.72 Å². The standard InChI is InChI=1S/C14H21N3O2S/c1-14(2,3)20(19)17-12-7-5-9-8-10(13(15)16-18)4-6-11(9)12/h4,6,8,12,17-18H,5,7H2,1-3H3,(H2,15,16)/t12-,20-/m1/s1. The predicted octanol–water partition coefficient (Wildman–Crippen LogP) is 2.03. The van der Waals surface area contributed by atoms with E-state index in [9.17, 15) is 4.55 Å². The van der Waals surface area contributed by atoms with E-state index >= 15 is 0 Å². The molecule has 0 unspecified atom stereocenters. The summed E-state index contributed by atoms with van der Waals surface area (Å²) in [6.07, 6.45) is 1.79. The second kappa shape index (κ2) is 5.73. The minimum Gasteiger partial charge on any atom is -0.598 e. The van der Waals surface area contributed by atoms with Crippen molar-refractivity contribution in [3.8, 4) is 0 Å². The highest BCUT2D eigenvalue weighted by Crippen LogP contribution is 2.33. The number of aryl methyl sites for hydroxylation is 1. The first-order chi connectivity index (χ1) is 9.32. The van der Waals surface area contributed by atoms with Gasteiger partial charge in [-0.2, -0.15) is 0 Å². The molecule has 2 atom stereocenters. The Morgan fingerprint density at radius 1 is 1.45 bits per heavy atom. The molecule has 20 heavy (non-hydrogen) atoms. The fourth-order valence-corrected chi connectivity index (χ4v) is 3.12. The van der Waals surface area contributed by atoms with E-state index in [0.29, 0.717) is 5.56 Å². The van der Waals surface area contributed by atoms with Crippen LogP contribution in [0.4, 0.5) is 0 Å². The van der Waals surface area contributed by atoms with Gasteiger partial charge in [-0.3, -0.25) is 16.1 Å². The van der Waals surface area contributed by atoms with Gasteiger partial charge in [0.05, 0.1) is 6.04 Å². The molecule has 0 saturated heterocycles. The molecule has 0 saturated carbocycles. The zero-order chi connectivity index (χ0) is 14.9. The number of fused-ring (bicyclic) bond motifs is 1. The molecular formula is C14H21N3O2S. The average Bonchev–Trinajstić information content (AvgIpc) is 2.79. The molecular weight excluding hydrogens is 274 g/mol. The molecule has 0 radical (unpaired) electrons. The summed E-state index contributed by atoms with van der Waals surface area (Å²) >= 11 is -1.09. The Labute approximate surface area is 122 Å². The lowest BCUT2D eigenvalue weighted by Gasteiger charge is -2.26. The Balaban J connectivity index is 2.16. The van der Waals surface area contributed by atoms with Gasteiger partial charge in [0.2, 0.25) is 0 Å². The monoisotopic (exact) mass is 295 g/mol. The first-order valence-corrected chi connectivity index (χ1v) is 7.78. The summed E-state index contributed by atoms with van der Waals surface area (Å²) in [6.45, 7) is 5.84. The predicted molar refractivity (Wildman–Crippen MR) is 80.3 cm³/mol. The molecule has 0 amide bonds. The number of amidine groups is 1. The minimum atomic E-state index is -1.09. The van der Waals surface area contributed by atoms with E-state index in [1.807, 2.05) is 38.4 Å². The second-order valence-electron chi connectivity index (χ2n) is 5.99. The molecule has 0 spiro atoms. The van der Waals surface area contributed by atoms with Crippen molar-refractivity contribution in [2.24, 2.45) is 0 Å². The van der Waals surface area contributed by atoms with Crippen LogP contribution in [0.1, 0.15) is 49.9 Å². The highest BCUT2D eigenvalue weighted by Gasteiger charge is 2.32. The summed E-state index contributed by atoms with van der Waals surface area (Å²) in [5.41, 5.74) is 4.79. The topological polar surface area (TPSA) is 91.2 Å². The van der Waals surface area contributed by atoms with Gasteiger partial charge < -0.3 is 4.55 Å². The summed E-state index contributed by atoms with van der Waals surface area (Å²) in [5, 5.41) is 16.3. The van der Waals surface area contributed by atoms with Crippen LogP contribution in [0.15, 0.2) is 18.2 Å². The third kappa shape index (κ3) is 3.15. The van der Waals surface area contributed by atoms with E-state index in [-0.39, 0.29) is 16.6 Å². The molecule has 0 aliphatic heterocycles. The molecule has 2 rings (SSSR count). The Hall–Kier alpha value is -1.08. The van der Waals surface area contributed by atoms with Gasteiger partial charge in [0.25, 0.3) is 0 Å². The van der Waals surface area contributed by atoms with Crippen LogP contribution in [-0.2, 0) is 17.8 Å². The molecule has 0 heterocycles. The number of hydrogen-bond donors (Lipinski definition) is 4. The summed E-state index contributed by atoms with van der Waals surface area (Å²) in [7, 11) is 0. The quantitative estimate of drug-likeness (QED) is 0.297. The third-order valence-corrected chi connectivity index (χ3v) is 5.04. The highest BCUT2D eigenvalue weighted by molar-refractivity contribution is 7.90. The number of benzene rings is 1. The van der Waals surface area contributed by atoms with Crippen molar-refractivity contribution in [3.05, 3.63) is 34.9 Å². The zero-order valence-electron chi connectivity index (χ0n) is 12.0. The SMILES string of the molecule is CC(C)(C)[S@@+]([O-])N[C@@H]1CCc2cc(C(=N)NO)ccc21. The molecule has 0 fully saturated rings. The van der Waals surface area contributed by atoms with Gasteiger partial charge in [-0.1, -0.05) is 12.1 Å². The summed E-state index contributed by atoms with van der Waals surface area (Å²) < 4.78 is 15.1. The van der Waals surface area contributed by atoms with Gasteiger partial charge in [-0.25, -0.2) is 0 Å². The molecule has 110 valence electrons. The Kier molecular flexibility index (Phi) is 4.39. The average molecular weight is 295 g/mol. The van der Waals surface area contributed by atoms with Gasteiger partial charge in [-0.05, 0) is 50.8 Å². The van der Waals surface area contributed by atoms with E-state index in [1.54, 1.807) is 6.07 Å². The molecule has 0 bridgehead atoms. The van der Waals surface area contributed by atoms with Gasteiger partial charge >= 0.3 is 0 Å². The largest absolute Gasteiger partial charge is 0.598 e. The lowest BCUT2D eigenvalue weighted by molar-refractivity contribution is 0.234. The molecule has 5 nitrogen and oxygen atoms in total.